The molecule has 0 atom stereocenters. The topological polar surface area (TPSA) is 86.3 Å². The van der Waals surface area contributed by atoms with Gasteiger partial charge in [-0.05, 0) is 79.4 Å². The Morgan fingerprint density at radius 3 is 1.32 bits per heavy atom. The summed E-state index contributed by atoms with van der Waals surface area (Å²) in [7, 11) is 0. The lowest BCUT2D eigenvalue weighted by molar-refractivity contribution is -0.385. The number of nitro benzene ring substituents is 2. The zero-order chi connectivity index (χ0) is 27.0. The fourth-order valence-electron chi connectivity index (χ4n) is 3.48. The van der Waals surface area contributed by atoms with Crippen LogP contribution < -0.4 is 0 Å². The zero-order valence-electron chi connectivity index (χ0n) is 18.0. The molecule has 6 nitrogen and oxygen atoms in total. The van der Waals surface area contributed by atoms with E-state index in [1.165, 1.54) is 36.0 Å². The highest BCUT2D eigenvalue weighted by Crippen LogP contribution is 2.49. The lowest BCUT2D eigenvalue weighted by atomic mass is 10.1. The van der Waals surface area contributed by atoms with Crippen LogP contribution in [-0.2, 0) is 0 Å². The van der Waals surface area contributed by atoms with Crippen molar-refractivity contribution in [2.45, 2.75) is 9.79 Å². The number of hydrogen-bond acceptors (Lipinski definition) is 5. The Morgan fingerprint density at radius 1 is 0.622 bits per heavy atom. The largest absolute Gasteiger partial charge is 0.270 e. The Labute approximate surface area is 251 Å². The van der Waals surface area contributed by atoms with E-state index in [1.54, 1.807) is 36.4 Å². The van der Waals surface area contributed by atoms with Crippen LogP contribution in [0.3, 0.4) is 0 Å². The summed E-state index contributed by atoms with van der Waals surface area (Å²) in [5, 5.41) is 23.6. The number of hydrogen-bond donors (Lipinski definition) is 0. The first-order valence-electron chi connectivity index (χ1n) is 10.0. The van der Waals surface area contributed by atoms with Gasteiger partial charge in [0, 0.05) is 54.1 Å². The molecule has 0 aliphatic rings. The van der Waals surface area contributed by atoms with Gasteiger partial charge < -0.3 is 0 Å². The first kappa shape index (κ1) is 28.2. The molecule has 4 aromatic rings. The van der Waals surface area contributed by atoms with E-state index in [0.29, 0.717) is 61.1 Å². The molecule has 4 rings (SSSR count). The number of nitro groups is 2. The van der Waals surface area contributed by atoms with Crippen molar-refractivity contribution >= 4 is 101 Å². The maximum atomic E-state index is 11.1. The van der Waals surface area contributed by atoms with Crippen LogP contribution in [-0.4, -0.2) is 9.85 Å². The Kier molecular flexibility index (Phi) is 8.75. The minimum atomic E-state index is -0.493. The van der Waals surface area contributed by atoms with Crippen molar-refractivity contribution < 1.29 is 9.85 Å². The second-order valence-electron chi connectivity index (χ2n) is 7.41. The van der Waals surface area contributed by atoms with E-state index in [0.717, 1.165) is 0 Å². The molecule has 0 heterocycles. The first-order valence-corrected chi connectivity index (χ1v) is 13.9. The number of halogens is 6. The normalized spacial score (nSPS) is 11.0. The van der Waals surface area contributed by atoms with Crippen molar-refractivity contribution in [3.05, 3.63) is 110 Å². The number of non-ortho nitro benzene ring substituents is 2. The van der Waals surface area contributed by atoms with Gasteiger partial charge in [-0.2, -0.15) is 0 Å². The summed E-state index contributed by atoms with van der Waals surface area (Å²) in [4.78, 5) is 22.5. The Hall–Kier alpha value is -1.85. The monoisotopic (exact) mass is 720 g/mol. The molecule has 4 aromatic carbocycles. The molecule has 13 heteroatoms. The van der Waals surface area contributed by atoms with Gasteiger partial charge in [0.1, 0.15) is 0 Å². The van der Waals surface area contributed by atoms with Crippen LogP contribution in [0.4, 0.5) is 11.4 Å². The molecule has 0 fully saturated rings. The van der Waals surface area contributed by atoms with Gasteiger partial charge in [-0.25, -0.2) is 0 Å². The lowest BCUT2D eigenvalue weighted by Gasteiger charge is -2.16. The molecule has 0 radical (unpaired) electrons. The highest BCUT2D eigenvalue weighted by Gasteiger charge is 2.21. The molecule has 37 heavy (non-hydrogen) atoms. The van der Waals surface area contributed by atoms with Crippen LogP contribution in [0, 0.1) is 20.2 Å². The third-order valence-electron chi connectivity index (χ3n) is 5.20. The second-order valence-corrected chi connectivity index (χ2v) is 11.8. The Balaban J connectivity index is 1.78. The molecule has 0 aliphatic carbocycles. The zero-order valence-corrected chi connectivity index (χ0v) is 25.0. The molecule has 0 amide bonds. The van der Waals surface area contributed by atoms with Crippen molar-refractivity contribution in [2.75, 3.05) is 0 Å². The van der Waals surface area contributed by atoms with Crippen molar-refractivity contribution in [3.63, 3.8) is 0 Å². The quantitative estimate of drug-likeness (QED) is 0.146. The molecule has 0 bridgehead atoms. The SMILES string of the molecule is O=[N+]([O-])c1ccc(-c2c(Cl)ccc(Sc3ccc(Cl)c(-c4ccc([N+](=O)[O-])cc4Br)c3Cl)c2Cl)c(Br)c1. The number of benzene rings is 4. The maximum absolute atomic E-state index is 11.1. The van der Waals surface area contributed by atoms with Gasteiger partial charge in [-0.3, -0.25) is 20.2 Å². The summed E-state index contributed by atoms with van der Waals surface area (Å²) in [6, 6.07) is 15.5. The van der Waals surface area contributed by atoms with E-state index < -0.39 is 9.85 Å². The van der Waals surface area contributed by atoms with Crippen molar-refractivity contribution in [1.82, 2.24) is 0 Å². The van der Waals surface area contributed by atoms with Gasteiger partial charge in [-0.1, -0.05) is 58.2 Å². The highest BCUT2D eigenvalue weighted by molar-refractivity contribution is 9.11. The van der Waals surface area contributed by atoms with Crippen molar-refractivity contribution in [1.29, 1.82) is 0 Å². The third kappa shape index (κ3) is 5.78. The van der Waals surface area contributed by atoms with Crippen LogP contribution >= 0.6 is 90.0 Å². The molecule has 0 aromatic heterocycles. The molecular formula is C24H10Br2Cl4N2O4S. The van der Waals surface area contributed by atoms with E-state index in [-0.39, 0.29) is 11.4 Å². The van der Waals surface area contributed by atoms with Crippen LogP contribution in [0.5, 0.6) is 0 Å². The van der Waals surface area contributed by atoms with Crippen LogP contribution in [0.2, 0.25) is 20.1 Å². The smallest absolute Gasteiger partial charge is 0.258 e. The summed E-state index contributed by atoms with van der Waals surface area (Å²) in [5.41, 5.74) is 2.01. The fraction of sp³-hybridized carbons (Fsp3) is 0. The molecule has 188 valence electrons. The van der Waals surface area contributed by atoms with Gasteiger partial charge in [0.25, 0.3) is 11.4 Å². The van der Waals surface area contributed by atoms with Crippen molar-refractivity contribution in [2.24, 2.45) is 0 Å². The van der Waals surface area contributed by atoms with E-state index in [2.05, 4.69) is 31.9 Å². The average molecular weight is 724 g/mol. The van der Waals surface area contributed by atoms with Crippen molar-refractivity contribution in [3.8, 4) is 22.3 Å². The van der Waals surface area contributed by atoms with Gasteiger partial charge >= 0.3 is 0 Å². The predicted octanol–water partition coefficient (Wildman–Crippen LogP) is 11.1. The molecule has 0 saturated heterocycles. The molecule has 0 spiro atoms. The standard InChI is InChI=1S/C24H10Br2Cl4N2O4S/c25-15-9-11(31(33)34)1-3-13(15)21-17(27)5-7-19(23(21)29)37-20-8-6-18(28)22(24(20)30)14-4-2-12(32(35)36)10-16(14)26/h1-10H. The highest BCUT2D eigenvalue weighted by atomic mass is 79.9. The van der Waals surface area contributed by atoms with E-state index >= 15 is 0 Å². The fourth-order valence-corrected chi connectivity index (χ4v) is 6.88. The summed E-state index contributed by atoms with van der Waals surface area (Å²) >= 11 is 34.6. The average Bonchev–Trinajstić information content (AvgIpc) is 2.84. The summed E-state index contributed by atoms with van der Waals surface area (Å²) < 4.78 is 0.921. The molecular weight excluding hydrogens is 714 g/mol. The van der Waals surface area contributed by atoms with E-state index in [4.69, 9.17) is 46.4 Å². The first-order chi connectivity index (χ1) is 17.5. The van der Waals surface area contributed by atoms with Gasteiger partial charge in [0.2, 0.25) is 0 Å². The van der Waals surface area contributed by atoms with Gasteiger partial charge in [-0.15, -0.1) is 0 Å². The Bertz CT molecular complexity index is 1490. The summed E-state index contributed by atoms with van der Waals surface area (Å²) in [6.07, 6.45) is 0. The Morgan fingerprint density at radius 2 is 1.00 bits per heavy atom. The number of rotatable bonds is 6. The predicted molar refractivity (Wildman–Crippen MR) is 157 cm³/mol. The van der Waals surface area contributed by atoms with Crippen LogP contribution in [0.1, 0.15) is 0 Å². The van der Waals surface area contributed by atoms with E-state index in [9.17, 15) is 20.2 Å². The van der Waals surface area contributed by atoms with Gasteiger partial charge in [0.15, 0.2) is 0 Å². The molecule has 0 N–H and O–H groups in total. The van der Waals surface area contributed by atoms with E-state index in [1.807, 2.05) is 0 Å². The summed E-state index contributed by atoms with van der Waals surface area (Å²) in [5.74, 6) is 0. The maximum Gasteiger partial charge on any atom is 0.270 e. The molecule has 0 unspecified atom stereocenters. The van der Waals surface area contributed by atoms with Gasteiger partial charge in [0.05, 0.1) is 29.9 Å². The minimum absolute atomic E-state index is 0.0775. The molecule has 0 saturated carbocycles. The lowest BCUT2D eigenvalue weighted by Crippen LogP contribution is -1.92. The van der Waals surface area contributed by atoms with Crippen LogP contribution in [0.25, 0.3) is 22.3 Å². The molecule has 0 aliphatic heterocycles. The summed E-state index contributed by atoms with van der Waals surface area (Å²) in [6.45, 7) is 0. The number of nitrogens with zero attached hydrogens (tertiary/aromatic N) is 2. The van der Waals surface area contributed by atoms with Crippen LogP contribution in [0.15, 0.2) is 79.4 Å². The minimum Gasteiger partial charge on any atom is -0.258 e. The third-order valence-corrected chi connectivity index (χ3v) is 9.27. The second kappa shape index (κ2) is 11.5.